The van der Waals surface area contributed by atoms with Crippen LogP contribution in [0.5, 0.6) is 0 Å². The molecule has 0 spiro atoms. The highest BCUT2D eigenvalue weighted by molar-refractivity contribution is 5.27. The zero-order chi connectivity index (χ0) is 19.3. The van der Waals surface area contributed by atoms with Crippen LogP contribution >= 0.6 is 0 Å². The van der Waals surface area contributed by atoms with E-state index < -0.39 is 11.7 Å². The SMILES string of the molecule is FCCC=C[C@H]1CC[C@H]([C@H]2CC[C@H](c3ccc(C(F)(F)F)cc3)CC2)CC1. The van der Waals surface area contributed by atoms with E-state index in [2.05, 4.69) is 6.08 Å². The van der Waals surface area contributed by atoms with Crippen molar-refractivity contribution in [3.63, 3.8) is 0 Å². The Labute approximate surface area is 160 Å². The van der Waals surface area contributed by atoms with Gasteiger partial charge in [0.2, 0.25) is 0 Å². The van der Waals surface area contributed by atoms with Gasteiger partial charge in [-0.1, -0.05) is 24.3 Å². The summed E-state index contributed by atoms with van der Waals surface area (Å²) in [5.74, 6) is 2.59. The molecule has 0 radical (unpaired) electrons. The molecule has 0 heterocycles. The Balaban J connectivity index is 1.45. The summed E-state index contributed by atoms with van der Waals surface area (Å²) in [6, 6.07) is 5.78. The molecule has 2 aliphatic carbocycles. The van der Waals surface area contributed by atoms with Gasteiger partial charge in [-0.3, -0.25) is 4.39 Å². The molecule has 2 saturated carbocycles. The summed E-state index contributed by atoms with van der Waals surface area (Å²) >= 11 is 0. The molecule has 0 saturated heterocycles. The van der Waals surface area contributed by atoms with Gasteiger partial charge in [-0.15, -0.1) is 0 Å². The number of alkyl halides is 4. The van der Waals surface area contributed by atoms with Crippen LogP contribution in [-0.4, -0.2) is 6.67 Å². The first-order chi connectivity index (χ1) is 13.0. The summed E-state index contributed by atoms with van der Waals surface area (Å²) in [6.07, 6.45) is 10.00. The van der Waals surface area contributed by atoms with Crippen LogP contribution in [0.25, 0.3) is 0 Å². The zero-order valence-corrected chi connectivity index (χ0v) is 15.9. The van der Waals surface area contributed by atoms with Crippen LogP contribution in [0, 0.1) is 17.8 Å². The Morgan fingerprint density at radius 1 is 0.815 bits per heavy atom. The normalized spacial score (nSPS) is 29.9. The molecule has 150 valence electrons. The number of rotatable bonds is 5. The van der Waals surface area contributed by atoms with E-state index in [1.165, 1.54) is 50.7 Å². The third-order valence-corrected chi connectivity index (χ3v) is 6.65. The highest BCUT2D eigenvalue weighted by atomic mass is 19.4. The molecule has 0 nitrogen and oxygen atoms in total. The summed E-state index contributed by atoms with van der Waals surface area (Å²) in [7, 11) is 0. The lowest BCUT2D eigenvalue weighted by Crippen LogP contribution is -2.25. The summed E-state index contributed by atoms with van der Waals surface area (Å²) < 4.78 is 50.3. The maximum absolute atomic E-state index is 12.7. The smallest absolute Gasteiger partial charge is 0.251 e. The fraction of sp³-hybridized carbons (Fsp3) is 0.652. The first-order valence-corrected chi connectivity index (χ1v) is 10.4. The number of hydrogen-bond donors (Lipinski definition) is 0. The van der Waals surface area contributed by atoms with E-state index >= 15 is 0 Å². The molecule has 0 atom stereocenters. The van der Waals surface area contributed by atoms with E-state index in [1.54, 1.807) is 12.1 Å². The van der Waals surface area contributed by atoms with Gasteiger partial charge in [0.1, 0.15) is 0 Å². The Kier molecular flexibility index (Phi) is 6.99. The van der Waals surface area contributed by atoms with Gasteiger partial charge in [0.15, 0.2) is 0 Å². The van der Waals surface area contributed by atoms with Crippen molar-refractivity contribution in [2.24, 2.45) is 17.8 Å². The predicted molar refractivity (Wildman–Crippen MR) is 101 cm³/mol. The molecular weight excluding hydrogens is 352 g/mol. The van der Waals surface area contributed by atoms with Crippen molar-refractivity contribution in [2.75, 3.05) is 6.67 Å². The minimum absolute atomic E-state index is 0.270. The lowest BCUT2D eigenvalue weighted by Gasteiger charge is -2.37. The average Bonchev–Trinajstić information content (AvgIpc) is 2.68. The van der Waals surface area contributed by atoms with Gasteiger partial charge in [0.25, 0.3) is 0 Å². The maximum atomic E-state index is 12.7. The van der Waals surface area contributed by atoms with Crippen LogP contribution in [0.3, 0.4) is 0 Å². The lowest BCUT2D eigenvalue weighted by atomic mass is 9.68. The fourth-order valence-electron chi connectivity index (χ4n) is 5.03. The number of benzene rings is 1. The monoisotopic (exact) mass is 382 g/mol. The molecule has 0 aliphatic heterocycles. The molecule has 4 heteroatoms. The molecule has 0 aromatic heterocycles. The Hall–Kier alpha value is -1.32. The van der Waals surface area contributed by atoms with Gasteiger partial charge in [0, 0.05) is 0 Å². The second-order valence-corrected chi connectivity index (χ2v) is 8.31. The molecule has 0 bridgehead atoms. The maximum Gasteiger partial charge on any atom is 0.416 e. The summed E-state index contributed by atoms with van der Waals surface area (Å²) in [5.41, 5.74) is 0.500. The quantitative estimate of drug-likeness (QED) is 0.361. The average molecular weight is 382 g/mol. The number of hydrogen-bond acceptors (Lipinski definition) is 0. The van der Waals surface area contributed by atoms with Crippen LogP contribution in [-0.2, 0) is 6.18 Å². The van der Waals surface area contributed by atoms with Gasteiger partial charge in [-0.2, -0.15) is 13.2 Å². The Bertz CT molecular complexity index is 586. The van der Waals surface area contributed by atoms with Gasteiger partial charge < -0.3 is 0 Å². The van der Waals surface area contributed by atoms with E-state index in [0.29, 0.717) is 18.3 Å². The third kappa shape index (κ3) is 5.58. The molecule has 0 N–H and O–H groups in total. The molecule has 0 unspecified atom stereocenters. The topological polar surface area (TPSA) is 0 Å². The van der Waals surface area contributed by atoms with E-state index in [-0.39, 0.29) is 6.67 Å². The van der Waals surface area contributed by atoms with Crippen LogP contribution < -0.4 is 0 Å². The summed E-state index contributed by atoms with van der Waals surface area (Å²) in [5, 5.41) is 0. The molecule has 1 aromatic carbocycles. The second-order valence-electron chi connectivity index (χ2n) is 8.31. The minimum Gasteiger partial charge on any atom is -0.251 e. The van der Waals surface area contributed by atoms with E-state index in [0.717, 1.165) is 30.2 Å². The van der Waals surface area contributed by atoms with Crippen molar-refractivity contribution in [1.82, 2.24) is 0 Å². The molecule has 2 fully saturated rings. The van der Waals surface area contributed by atoms with E-state index in [9.17, 15) is 17.6 Å². The number of allylic oxidation sites excluding steroid dienone is 2. The van der Waals surface area contributed by atoms with Crippen molar-refractivity contribution >= 4 is 0 Å². The van der Waals surface area contributed by atoms with Crippen molar-refractivity contribution in [1.29, 1.82) is 0 Å². The van der Waals surface area contributed by atoms with E-state index in [1.807, 2.05) is 6.08 Å². The molecule has 1 aromatic rings. The van der Waals surface area contributed by atoms with Crippen molar-refractivity contribution < 1.29 is 17.6 Å². The van der Waals surface area contributed by atoms with Gasteiger partial charge in [0.05, 0.1) is 12.2 Å². The van der Waals surface area contributed by atoms with Crippen molar-refractivity contribution in [2.45, 2.75) is 69.9 Å². The predicted octanol–water partition coefficient (Wildman–Crippen LogP) is 7.70. The first-order valence-electron chi connectivity index (χ1n) is 10.4. The van der Waals surface area contributed by atoms with Crippen molar-refractivity contribution in [3.8, 4) is 0 Å². The molecular formula is C23H30F4. The molecule has 3 rings (SSSR count). The number of halogens is 4. The largest absolute Gasteiger partial charge is 0.416 e. The lowest BCUT2D eigenvalue weighted by molar-refractivity contribution is -0.137. The Morgan fingerprint density at radius 2 is 1.37 bits per heavy atom. The van der Waals surface area contributed by atoms with Crippen LogP contribution in [0.2, 0.25) is 0 Å². The molecule has 27 heavy (non-hydrogen) atoms. The Morgan fingerprint density at radius 3 is 1.89 bits per heavy atom. The van der Waals surface area contributed by atoms with Crippen LogP contribution in [0.1, 0.15) is 74.8 Å². The molecule has 2 aliphatic rings. The zero-order valence-electron chi connectivity index (χ0n) is 15.9. The fourth-order valence-corrected chi connectivity index (χ4v) is 5.03. The summed E-state index contributed by atoms with van der Waals surface area (Å²) in [4.78, 5) is 0. The van der Waals surface area contributed by atoms with Crippen LogP contribution in [0.15, 0.2) is 36.4 Å². The first kappa shape index (κ1) is 20.4. The highest BCUT2D eigenvalue weighted by Gasteiger charge is 2.32. The summed E-state index contributed by atoms with van der Waals surface area (Å²) in [6.45, 7) is -0.270. The van der Waals surface area contributed by atoms with Gasteiger partial charge in [-0.05, 0) is 99.2 Å². The molecule has 0 amide bonds. The van der Waals surface area contributed by atoms with E-state index in [4.69, 9.17) is 0 Å². The van der Waals surface area contributed by atoms with Gasteiger partial charge >= 0.3 is 6.18 Å². The third-order valence-electron chi connectivity index (χ3n) is 6.65. The minimum atomic E-state index is -4.25. The van der Waals surface area contributed by atoms with Gasteiger partial charge in [-0.25, -0.2) is 0 Å². The van der Waals surface area contributed by atoms with Crippen molar-refractivity contribution in [3.05, 3.63) is 47.5 Å². The van der Waals surface area contributed by atoms with Crippen LogP contribution in [0.4, 0.5) is 17.6 Å². The standard InChI is InChI=1S/C23H30F4/c24-16-2-1-3-17-4-6-18(7-5-17)19-8-10-20(11-9-19)21-12-14-22(15-13-21)23(25,26)27/h1,3,12-15,17-20H,2,4-11,16H2/t17-,18-,19-,20-. The second kappa shape index (κ2) is 9.25. The highest BCUT2D eigenvalue weighted by Crippen LogP contribution is 2.44.